The van der Waals surface area contributed by atoms with E-state index in [4.69, 9.17) is 4.74 Å². The largest absolute Gasteiger partial charge is 0.379 e. The number of hydrogen-bond acceptors (Lipinski definition) is 3. The second-order valence-corrected chi connectivity index (χ2v) is 7.14. The van der Waals surface area contributed by atoms with Gasteiger partial charge in [-0.3, -0.25) is 4.79 Å². The molecule has 1 atom stereocenters. The van der Waals surface area contributed by atoms with Gasteiger partial charge in [0.05, 0.1) is 17.2 Å². The molecule has 1 aliphatic rings. The lowest BCUT2D eigenvalue weighted by Gasteiger charge is -2.28. The van der Waals surface area contributed by atoms with Gasteiger partial charge in [-0.05, 0) is 58.4 Å². The van der Waals surface area contributed by atoms with Crippen molar-refractivity contribution in [2.75, 3.05) is 19.4 Å². The zero-order valence-electron chi connectivity index (χ0n) is 13.9. The molecule has 1 saturated heterocycles. The zero-order chi connectivity index (χ0) is 15.8. The van der Waals surface area contributed by atoms with E-state index in [1.807, 2.05) is 24.3 Å². The average Bonchev–Trinajstić information content (AvgIpc) is 2.57. The molecule has 1 fully saturated rings. The van der Waals surface area contributed by atoms with Gasteiger partial charge in [0, 0.05) is 25.3 Å². The molecule has 4 nitrogen and oxygen atoms in total. The molecule has 21 heavy (non-hydrogen) atoms. The SMILES string of the molecule is CN(C)C(=O)c1ccc(NC2CC(C)(C)OC2(C)C)cc1. The van der Waals surface area contributed by atoms with Gasteiger partial charge >= 0.3 is 0 Å². The van der Waals surface area contributed by atoms with Crippen molar-refractivity contribution in [2.24, 2.45) is 0 Å². The van der Waals surface area contributed by atoms with Crippen LogP contribution in [0.2, 0.25) is 0 Å². The van der Waals surface area contributed by atoms with E-state index < -0.39 is 0 Å². The molecular formula is C17H26N2O2. The van der Waals surface area contributed by atoms with Crippen molar-refractivity contribution in [3.63, 3.8) is 0 Å². The maximum absolute atomic E-state index is 11.9. The maximum atomic E-state index is 11.9. The summed E-state index contributed by atoms with van der Waals surface area (Å²) in [5.41, 5.74) is 1.40. The minimum absolute atomic E-state index is 0.0206. The lowest BCUT2D eigenvalue weighted by Crippen LogP contribution is -2.38. The van der Waals surface area contributed by atoms with Crippen molar-refractivity contribution in [3.8, 4) is 0 Å². The summed E-state index contributed by atoms with van der Waals surface area (Å²) in [6, 6.07) is 7.89. The van der Waals surface area contributed by atoms with E-state index >= 15 is 0 Å². The zero-order valence-corrected chi connectivity index (χ0v) is 13.9. The van der Waals surface area contributed by atoms with Crippen LogP contribution in [0.1, 0.15) is 44.5 Å². The number of ether oxygens (including phenoxy) is 1. The highest BCUT2D eigenvalue weighted by Gasteiger charge is 2.45. The number of anilines is 1. The minimum Gasteiger partial charge on any atom is -0.379 e. The lowest BCUT2D eigenvalue weighted by molar-refractivity contribution is -0.0662. The van der Waals surface area contributed by atoms with Gasteiger partial charge in [0.15, 0.2) is 0 Å². The second kappa shape index (κ2) is 5.34. The number of rotatable bonds is 3. The molecule has 1 aromatic rings. The van der Waals surface area contributed by atoms with Gasteiger partial charge in [0.1, 0.15) is 0 Å². The third kappa shape index (κ3) is 3.56. The van der Waals surface area contributed by atoms with Gasteiger partial charge in [-0.25, -0.2) is 0 Å². The number of carbonyl (C=O) groups is 1. The van der Waals surface area contributed by atoms with Crippen molar-refractivity contribution in [1.29, 1.82) is 0 Å². The van der Waals surface area contributed by atoms with Gasteiger partial charge in [-0.15, -0.1) is 0 Å². The molecule has 0 radical (unpaired) electrons. The molecule has 0 spiro atoms. The van der Waals surface area contributed by atoms with E-state index in [2.05, 4.69) is 33.0 Å². The predicted molar refractivity (Wildman–Crippen MR) is 85.7 cm³/mol. The van der Waals surface area contributed by atoms with Crippen LogP contribution < -0.4 is 5.32 Å². The van der Waals surface area contributed by atoms with E-state index in [-0.39, 0.29) is 23.2 Å². The topological polar surface area (TPSA) is 41.6 Å². The molecule has 1 heterocycles. The van der Waals surface area contributed by atoms with Crippen LogP contribution >= 0.6 is 0 Å². The monoisotopic (exact) mass is 290 g/mol. The van der Waals surface area contributed by atoms with Crippen LogP contribution in [0.15, 0.2) is 24.3 Å². The van der Waals surface area contributed by atoms with Crippen LogP contribution in [0.4, 0.5) is 5.69 Å². The van der Waals surface area contributed by atoms with Crippen LogP contribution in [-0.2, 0) is 4.74 Å². The fraction of sp³-hybridized carbons (Fsp3) is 0.588. The Balaban J connectivity index is 2.09. The first-order chi connectivity index (χ1) is 9.61. The van der Waals surface area contributed by atoms with Crippen molar-refractivity contribution in [1.82, 2.24) is 4.90 Å². The lowest BCUT2D eigenvalue weighted by atomic mass is 9.94. The molecular weight excluding hydrogens is 264 g/mol. The van der Waals surface area contributed by atoms with E-state index in [1.165, 1.54) is 0 Å². The Morgan fingerprint density at radius 3 is 2.19 bits per heavy atom. The Kier molecular flexibility index (Phi) is 4.02. The quantitative estimate of drug-likeness (QED) is 0.930. The van der Waals surface area contributed by atoms with Crippen molar-refractivity contribution >= 4 is 11.6 Å². The Morgan fingerprint density at radius 1 is 1.19 bits per heavy atom. The van der Waals surface area contributed by atoms with Gasteiger partial charge in [-0.1, -0.05) is 0 Å². The Labute approximate surface area is 127 Å². The van der Waals surface area contributed by atoms with E-state index in [1.54, 1.807) is 19.0 Å². The molecule has 116 valence electrons. The van der Waals surface area contributed by atoms with E-state index in [0.29, 0.717) is 5.56 Å². The van der Waals surface area contributed by atoms with Gasteiger partial charge in [0.2, 0.25) is 0 Å². The number of nitrogens with one attached hydrogen (secondary N) is 1. The number of nitrogens with zero attached hydrogens (tertiary/aromatic N) is 1. The average molecular weight is 290 g/mol. The molecule has 1 unspecified atom stereocenters. The summed E-state index contributed by atoms with van der Waals surface area (Å²) in [5, 5.41) is 3.53. The Morgan fingerprint density at radius 2 is 1.76 bits per heavy atom. The highest BCUT2D eigenvalue weighted by Crippen LogP contribution is 2.38. The molecule has 1 N–H and O–H groups in total. The summed E-state index contributed by atoms with van der Waals surface area (Å²) in [7, 11) is 3.52. The number of hydrogen-bond donors (Lipinski definition) is 1. The molecule has 1 aliphatic heterocycles. The Bertz CT molecular complexity index is 518. The summed E-state index contributed by atoms with van der Waals surface area (Å²) in [6.45, 7) is 8.47. The normalized spacial score (nSPS) is 22.9. The molecule has 4 heteroatoms. The molecule has 0 saturated carbocycles. The van der Waals surface area contributed by atoms with Crippen LogP contribution in [0.5, 0.6) is 0 Å². The third-order valence-electron chi connectivity index (χ3n) is 3.95. The van der Waals surface area contributed by atoms with Crippen molar-refractivity contribution in [2.45, 2.75) is 51.4 Å². The first-order valence-electron chi connectivity index (χ1n) is 7.39. The number of carbonyl (C=O) groups excluding carboxylic acids is 1. The summed E-state index contributed by atoms with van der Waals surface area (Å²) < 4.78 is 6.09. The number of benzene rings is 1. The highest BCUT2D eigenvalue weighted by molar-refractivity contribution is 5.94. The Hall–Kier alpha value is -1.55. The molecule has 0 aliphatic carbocycles. The highest BCUT2D eigenvalue weighted by atomic mass is 16.5. The summed E-state index contributed by atoms with van der Waals surface area (Å²) >= 11 is 0. The number of amides is 1. The van der Waals surface area contributed by atoms with E-state index in [9.17, 15) is 4.79 Å². The first kappa shape index (κ1) is 15.8. The molecule has 0 aromatic heterocycles. The van der Waals surface area contributed by atoms with Crippen LogP contribution in [0.25, 0.3) is 0 Å². The molecule has 1 aromatic carbocycles. The van der Waals surface area contributed by atoms with Crippen molar-refractivity contribution < 1.29 is 9.53 Å². The minimum atomic E-state index is -0.207. The molecule has 0 bridgehead atoms. The van der Waals surface area contributed by atoms with Gasteiger partial charge in [0.25, 0.3) is 5.91 Å². The second-order valence-electron chi connectivity index (χ2n) is 7.14. The van der Waals surface area contributed by atoms with Crippen LogP contribution in [0.3, 0.4) is 0 Å². The maximum Gasteiger partial charge on any atom is 0.253 e. The summed E-state index contributed by atoms with van der Waals surface area (Å²) in [6.07, 6.45) is 0.957. The fourth-order valence-electron chi connectivity index (χ4n) is 2.96. The van der Waals surface area contributed by atoms with Gasteiger partial charge in [-0.2, -0.15) is 0 Å². The molecule has 2 rings (SSSR count). The standard InChI is InChI=1S/C17H26N2O2/c1-16(2)11-14(17(3,4)21-16)18-13-9-7-12(8-10-13)15(20)19(5)6/h7-10,14,18H,11H2,1-6H3. The van der Waals surface area contributed by atoms with E-state index in [0.717, 1.165) is 12.1 Å². The smallest absolute Gasteiger partial charge is 0.253 e. The van der Waals surface area contributed by atoms with Crippen molar-refractivity contribution in [3.05, 3.63) is 29.8 Å². The van der Waals surface area contributed by atoms with Gasteiger partial charge < -0.3 is 15.0 Å². The van der Waals surface area contributed by atoms with Crippen LogP contribution in [0, 0.1) is 0 Å². The molecule has 1 amide bonds. The summed E-state index contributed by atoms with van der Waals surface area (Å²) in [5.74, 6) is 0.0206. The third-order valence-corrected chi connectivity index (χ3v) is 3.95. The predicted octanol–water partition coefficient (Wildman–Crippen LogP) is 3.15. The fourth-order valence-corrected chi connectivity index (χ4v) is 2.96. The summed E-state index contributed by atoms with van der Waals surface area (Å²) in [4.78, 5) is 13.5. The van der Waals surface area contributed by atoms with Crippen LogP contribution in [-0.4, -0.2) is 42.1 Å². The first-order valence-corrected chi connectivity index (χ1v) is 7.39.